The molecule has 0 saturated heterocycles. The van der Waals surface area contributed by atoms with Gasteiger partial charge in [0.1, 0.15) is 5.40 Å². The van der Waals surface area contributed by atoms with Crippen molar-refractivity contribution in [3.63, 3.8) is 0 Å². The van der Waals surface area contributed by atoms with Crippen molar-refractivity contribution in [3.05, 3.63) is 0 Å². The number of rotatable bonds is 0. The second-order valence-corrected chi connectivity index (χ2v) is 0.300. The van der Waals surface area contributed by atoms with Crippen molar-refractivity contribution < 1.29 is 0 Å². The number of thiocyanates is 1. The van der Waals surface area contributed by atoms with Gasteiger partial charge in [0, 0.05) is 6.57 Å². The largest absolute Gasteiger partial charge is 0.202 e. The molecule has 0 fully saturated rings. The average Bonchev–Trinajstić information content (AvgIpc) is 1.46. The molecule has 0 bridgehead atoms. The molecule has 0 aliphatic carbocycles. The van der Waals surface area contributed by atoms with E-state index in [1.54, 1.807) is 0 Å². The molecule has 3 heteroatoms. The summed E-state index contributed by atoms with van der Waals surface area (Å²) in [6.07, 6.45) is 0. The molecule has 0 aromatic heterocycles. The van der Waals surface area contributed by atoms with Crippen LogP contribution in [0.5, 0.6) is 0 Å². The summed E-state index contributed by atoms with van der Waals surface area (Å²) in [5, 5.41) is 15.1. The maximum absolute atomic E-state index is 7.18. The fraction of sp³-hybridized carbons (Fsp3) is 0. The molecular formula is C2H2N2S. The normalized spacial score (nSPS) is 2.00. The van der Waals surface area contributed by atoms with E-state index in [0.717, 1.165) is 0 Å². The minimum absolute atomic E-state index is 1.44. The van der Waals surface area contributed by atoms with E-state index in [9.17, 15) is 0 Å². The minimum atomic E-state index is 1.44. The van der Waals surface area contributed by atoms with Gasteiger partial charge < -0.3 is 0 Å². The van der Waals surface area contributed by atoms with Crippen molar-refractivity contribution in [2.75, 3.05) is 0 Å². The topological polar surface area (TPSA) is 47.6 Å². The Kier molecular flexibility index (Phi) is 294. The zero-order valence-electron chi connectivity index (χ0n) is 2.42. The third kappa shape index (κ3) is 13.1. The first-order chi connectivity index (χ1) is 2.41. The highest BCUT2D eigenvalue weighted by Crippen LogP contribution is 1.46. The molecule has 0 spiro atoms. The van der Waals surface area contributed by atoms with Gasteiger partial charge in [0.05, 0.1) is 0 Å². The number of hydrogen-bond acceptors (Lipinski definition) is 3. The van der Waals surface area contributed by atoms with Crippen molar-refractivity contribution in [2.24, 2.45) is 0 Å². The summed E-state index contributed by atoms with van der Waals surface area (Å²) in [6.45, 7) is 3.50. The van der Waals surface area contributed by atoms with Gasteiger partial charge in [0.15, 0.2) is 0 Å². The van der Waals surface area contributed by atoms with Gasteiger partial charge in [0.2, 0.25) is 0 Å². The van der Waals surface area contributed by atoms with Crippen LogP contribution in [0.3, 0.4) is 0 Å². The Hall–Kier alpha value is -0.670. The van der Waals surface area contributed by atoms with Crippen LogP contribution in [0.1, 0.15) is 0 Å². The molecule has 0 N–H and O–H groups in total. The molecule has 0 rings (SSSR count). The molecule has 0 aliphatic heterocycles. The van der Waals surface area contributed by atoms with Crippen LogP contribution in [0.2, 0.25) is 0 Å². The molecule has 2 nitrogen and oxygen atoms in total. The van der Waals surface area contributed by atoms with Gasteiger partial charge in [0.25, 0.3) is 0 Å². The molecule has 0 heterocycles. The Morgan fingerprint density at radius 2 is 1.60 bits per heavy atom. The predicted octanol–water partition coefficient (Wildman–Crippen LogP) is 0.537. The maximum atomic E-state index is 7.18. The van der Waals surface area contributed by atoms with Crippen molar-refractivity contribution in [2.45, 2.75) is 0 Å². The summed E-state index contributed by atoms with van der Waals surface area (Å²) in [4.78, 5) is 0. The van der Waals surface area contributed by atoms with E-state index in [-0.39, 0.29) is 0 Å². The Labute approximate surface area is 36.1 Å². The lowest BCUT2D eigenvalue weighted by Gasteiger charge is -1.14. The SMILES string of the molecule is C#N.N#CS. The zero-order valence-corrected chi connectivity index (χ0v) is 3.31. The smallest absolute Gasteiger partial charge is 0.130 e. The summed E-state index contributed by atoms with van der Waals surface area (Å²) in [7, 11) is 0. The second kappa shape index (κ2) is 166. The maximum Gasteiger partial charge on any atom is 0.130 e. The second-order valence-electron chi connectivity index (χ2n) is 0.100. The first-order valence-corrected chi connectivity index (χ1v) is 1.15. The molecule has 0 unspecified atom stereocenters. The summed E-state index contributed by atoms with van der Waals surface area (Å²) < 4.78 is 0. The van der Waals surface area contributed by atoms with Crippen LogP contribution < -0.4 is 0 Å². The van der Waals surface area contributed by atoms with Crippen LogP contribution in [0.15, 0.2) is 0 Å². The summed E-state index contributed by atoms with van der Waals surface area (Å²) in [5.74, 6) is 0. The van der Waals surface area contributed by atoms with Gasteiger partial charge in [-0.15, -0.1) is 0 Å². The first kappa shape index (κ1) is 8.84. The van der Waals surface area contributed by atoms with Crippen LogP contribution in [-0.2, 0) is 0 Å². The molecule has 0 aromatic carbocycles. The molecule has 0 saturated carbocycles. The lowest BCUT2D eigenvalue weighted by atomic mass is 11.8. The lowest BCUT2D eigenvalue weighted by Crippen LogP contribution is -0.961. The zero-order chi connectivity index (χ0) is 4.71. The Balaban J connectivity index is 0. The van der Waals surface area contributed by atoms with Crippen LogP contribution in [0.25, 0.3) is 0 Å². The highest BCUT2D eigenvalue weighted by atomic mass is 32.1. The monoisotopic (exact) mass is 86.0 g/mol. The van der Waals surface area contributed by atoms with E-state index >= 15 is 0 Å². The molecule has 0 aliphatic rings. The predicted molar refractivity (Wildman–Crippen MR) is 21.3 cm³/mol. The quantitative estimate of drug-likeness (QED) is 0.345. The van der Waals surface area contributed by atoms with Crippen LogP contribution >= 0.6 is 12.6 Å². The van der Waals surface area contributed by atoms with E-state index < -0.39 is 0 Å². The number of hydrogen-bond donors (Lipinski definition) is 1. The molecular weight excluding hydrogens is 84.1 g/mol. The minimum Gasteiger partial charge on any atom is -0.202 e. The van der Waals surface area contributed by atoms with Crippen molar-refractivity contribution in [1.29, 1.82) is 10.5 Å². The molecule has 5 heavy (non-hydrogen) atoms. The number of nitriles is 2. The molecule has 0 amide bonds. The fourth-order valence-corrected chi connectivity index (χ4v) is 0. The van der Waals surface area contributed by atoms with Crippen molar-refractivity contribution in [3.8, 4) is 12.0 Å². The third-order valence-electron chi connectivity index (χ3n) is 0. The van der Waals surface area contributed by atoms with Crippen LogP contribution in [-0.4, -0.2) is 0 Å². The lowest BCUT2D eigenvalue weighted by molar-refractivity contribution is 1.57. The molecule has 0 atom stereocenters. The van der Waals surface area contributed by atoms with E-state index in [2.05, 4.69) is 19.2 Å². The van der Waals surface area contributed by atoms with Crippen molar-refractivity contribution in [1.82, 2.24) is 0 Å². The third-order valence-corrected chi connectivity index (χ3v) is 0. The Bertz CT molecular complexity index is 50.4. The highest BCUT2D eigenvalue weighted by molar-refractivity contribution is 7.85. The standard InChI is InChI=1S/CHNS.CHN/c2-1-3;1-2/h3H;1H. The van der Waals surface area contributed by atoms with Gasteiger partial charge in [-0.05, 0) is 0 Å². The summed E-state index contributed by atoms with van der Waals surface area (Å²) in [6, 6.07) is 0. The molecule has 0 aromatic rings. The van der Waals surface area contributed by atoms with Gasteiger partial charge in [-0.1, -0.05) is 12.6 Å². The summed E-state index contributed by atoms with van der Waals surface area (Å²) >= 11 is 3.09. The van der Waals surface area contributed by atoms with E-state index in [4.69, 9.17) is 10.5 Å². The number of nitrogens with zero attached hydrogens (tertiary/aromatic N) is 2. The van der Waals surface area contributed by atoms with Crippen LogP contribution in [0, 0.1) is 22.5 Å². The van der Waals surface area contributed by atoms with Gasteiger partial charge in [-0.2, -0.15) is 5.26 Å². The van der Waals surface area contributed by atoms with E-state index in [1.807, 2.05) is 0 Å². The number of thiol groups is 1. The molecule has 0 radical (unpaired) electrons. The van der Waals surface area contributed by atoms with Crippen molar-refractivity contribution >= 4 is 12.6 Å². The van der Waals surface area contributed by atoms with Crippen LogP contribution in [0.4, 0.5) is 0 Å². The first-order valence-electron chi connectivity index (χ1n) is 0.705. The Morgan fingerprint density at radius 3 is 1.60 bits per heavy atom. The average molecular weight is 86.1 g/mol. The Morgan fingerprint density at radius 1 is 1.60 bits per heavy atom. The van der Waals surface area contributed by atoms with E-state index in [1.165, 1.54) is 5.40 Å². The summed E-state index contributed by atoms with van der Waals surface area (Å²) in [5.41, 5.74) is 0. The van der Waals surface area contributed by atoms with Gasteiger partial charge >= 0.3 is 0 Å². The van der Waals surface area contributed by atoms with Gasteiger partial charge in [-0.3, -0.25) is 0 Å². The highest BCUT2D eigenvalue weighted by Gasteiger charge is 1.18. The fourth-order valence-electron chi connectivity index (χ4n) is 0. The van der Waals surface area contributed by atoms with E-state index in [0.29, 0.717) is 0 Å². The molecule has 26 valence electrons. The van der Waals surface area contributed by atoms with Gasteiger partial charge in [-0.25, -0.2) is 5.26 Å².